The highest BCUT2D eigenvalue weighted by molar-refractivity contribution is 5.97. The fourth-order valence-corrected chi connectivity index (χ4v) is 2.15. The van der Waals surface area contributed by atoms with Crippen molar-refractivity contribution in [3.8, 4) is 17.2 Å². The lowest BCUT2D eigenvalue weighted by atomic mass is 10.2. The van der Waals surface area contributed by atoms with Crippen molar-refractivity contribution in [2.45, 2.75) is 6.92 Å². The summed E-state index contributed by atoms with van der Waals surface area (Å²) >= 11 is 0. The average molecular weight is 328 g/mol. The van der Waals surface area contributed by atoms with E-state index in [0.29, 0.717) is 35.0 Å². The van der Waals surface area contributed by atoms with E-state index in [1.807, 2.05) is 19.1 Å². The van der Waals surface area contributed by atoms with Crippen LogP contribution in [0.1, 0.15) is 22.8 Å². The van der Waals surface area contributed by atoms with Gasteiger partial charge in [-0.25, -0.2) is 5.43 Å². The van der Waals surface area contributed by atoms with E-state index < -0.39 is 0 Å². The minimum absolute atomic E-state index is 0.357. The Morgan fingerprint density at radius 3 is 2.50 bits per heavy atom. The molecule has 0 aliphatic carbocycles. The minimum Gasteiger partial charge on any atom is -0.496 e. The molecule has 0 radical (unpaired) electrons. The van der Waals surface area contributed by atoms with Crippen LogP contribution in [-0.4, -0.2) is 32.9 Å². The van der Waals surface area contributed by atoms with Gasteiger partial charge in [0.2, 0.25) is 0 Å². The van der Waals surface area contributed by atoms with Crippen LogP contribution in [0, 0.1) is 0 Å². The van der Waals surface area contributed by atoms with Gasteiger partial charge in [0.25, 0.3) is 5.91 Å². The van der Waals surface area contributed by atoms with Crippen LogP contribution in [0.15, 0.2) is 47.6 Å². The van der Waals surface area contributed by atoms with Crippen LogP contribution >= 0.6 is 0 Å². The van der Waals surface area contributed by atoms with Gasteiger partial charge in [0.05, 0.1) is 32.6 Å². The van der Waals surface area contributed by atoms with E-state index >= 15 is 0 Å². The number of nitrogens with one attached hydrogen (secondary N) is 1. The summed E-state index contributed by atoms with van der Waals surface area (Å²) in [6.07, 6.45) is 1.51. The first-order valence-electron chi connectivity index (χ1n) is 7.47. The number of methoxy groups -OCH3 is 2. The number of hydrazone groups is 1. The van der Waals surface area contributed by atoms with Gasteiger partial charge in [0.15, 0.2) is 11.5 Å². The van der Waals surface area contributed by atoms with Gasteiger partial charge < -0.3 is 14.2 Å². The molecule has 0 atom stereocenters. The Labute approximate surface area is 141 Å². The van der Waals surface area contributed by atoms with E-state index in [1.54, 1.807) is 37.4 Å². The first kappa shape index (κ1) is 17.3. The standard InChI is InChI=1S/C18H20N2O4/c1-4-24-17-13(8-7-11-16(17)23-3)12-19-20-18(21)14-9-5-6-10-15(14)22-2/h5-12H,4H2,1-3H3,(H,20,21). The highest BCUT2D eigenvalue weighted by Crippen LogP contribution is 2.29. The van der Waals surface area contributed by atoms with Gasteiger partial charge in [0.1, 0.15) is 5.75 Å². The zero-order chi connectivity index (χ0) is 17.4. The molecule has 0 saturated carbocycles. The van der Waals surface area contributed by atoms with Crippen LogP contribution in [0.25, 0.3) is 0 Å². The zero-order valence-electron chi connectivity index (χ0n) is 13.9. The zero-order valence-corrected chi connectivity index (χ0v) is 13.9. The van der Waals surface area contributed by atoms with E-state index in [1.165, 1.54) is 13.3 Å². The van der Waals surface area contributed by atoms with Crippen molar-refractivity contribution in [1.29, 1.82) is 0 Å². The summed E-state index contributed by atoms with van der Waals surface area (Å²) in [5, 5.41) is 4.00. The number of rotatable bonds is 7. The van der Waals surface area contributed by atoms with Gasteiger partial charge in [-0.15, -0.1) is 0 Å². The number of nitrogens with zero attached hydrogens (tertiary/aromatic N) is 1. The lowest BCUT2D eigenvalue weighted by Crippen LogP contribution is -2.18. The van der Waals surface area contributed by atoms with Gasteiger partial charge in [-0.3, -0.25) is 4.79 Å². The summed E-state index contributed by atoms with van der Waals surface area (Å²) in [5.74, 6) is 1.32. The summed E-state index contributed by atoms with van der Waals surface area (Å²) in [6, 6.07) is 12.4. The maximum atomic E-state index is 12.2. The summed E-state index contributed by atoms with van der Waals surface area (Å²) in [5.41, 5.74) is 3.60. The van der Waals surface area contributed by atoms with Crippen LogP contribution in [0.3, 0.4) is 0 Å². The number of carbonyl (C=O) groups is 1. The van der Waals surface area contributed by atoms with Crippen molar-refractivity contribution in [2.24, 2.45) is 5.10 Å². The summed E-state index contributed by atoms with van der Waals surface area (Å²) in [7, 11) is 3.09. The largest absolute Gasteiger partial charge is 0.496 e. The summed E-state index contributed by atoms with van der Waals surface area (Å²) < 4.78 is 16.0. The Hall–Kier alpha value is -3.02. The molecule has 1 N–H and O–H groups in total. The van der Waals surface area contributed by atoms with Crippen molar-refractivity contribution in [1.82, 2.24) is 5.43 Å². The molecule has 0 bridgehead atoms. The minimum atomic E-state index is -0.357. The normalized spacial score (nSPS) is 10.5. The molecule has 24 heavy (non-hydrogen) atoms. The van der Waals surface area contributed by atoms with Gasteiger partial charge in [-0.05, 0) is 31.2 Å². The van der Waals surface area contributed by atoms with Crippen LogP contribution in [0.5, 0.6) is 17.2 Å². The van der Waals surface area contributed by atoms with Crippen molar-refractivity contribution in [3.05, 3.63) is 53.6 Å². The molecule has 0 spiro atoms. The van der Waals surface area contributed by atoms with Crippen molar-refractivity contribution in [2.75, 3.05) is 20.8 Å². The molecule has 0 fully saturated rings. The van der Waals surface area contributed by atoms with E-state index in [9.17, 15) is 4.79 Å². The number of carbonyl (C=O) groups excluding carboxylic acids is 1. The maximum absolute atomic E-state index is 12.2. The van der Waals surface area contributed by atoms with Crippen molar-refractivity contribution < 1.29 is 19.0 Å². The van der Waals surface area contributed by atoms with Crippen LogP contribution < -0.4 is 19.6 Å². The molecular formula is C18H20N2O4. The summed E-state index contributed by atoms with van der Waals surface area (Å²) in [6.45, 7) is 2.38. The van der Waals surface area contributed by atoms with Crippen molar-refractivity contribution in [3.63, 3.8) is 0 Å². The molecule has 6 heteroatoms. The second kappa shape index (κ2) is 8.57. The molecule has 0 heterocycles. The number of hydrogen-bond donors (Lipinski definition) is 1. The number of ether oxygens (including phenoxy) is 3. The number of hydrogen-bond acceptors (Lipinski definition) is 5. The Morgan fingerprint density at radius 1 is 1.08 bits per heavy atom. The molecule has 0 aliphatic heterocycles. The molecular weight excluding hydrogens is 308 g/mol. The van der Waals surface area contributed by atoms with E-state index in [-0.39, 0.29) is 5.91 Å². The Morgan fingerprint density at radius 2 is 1.79 bits per heavy atom. The van der Waals surface area contributed by atoms with Crippen LogP contribution in [0.4, 0.5) is 0 Å². The topological polar surface area (TPSA) is 69.2 Å². The monoisotopic (exact) mass is 328 g/mol. The molecule has 0 aliphatic rings. The predicted octanol–water partition coefficient (Wildman–Crippen LogP) is 2.87. The van der Waals surface area contributed by atoms with Gasteiger partial charge >= 0.3 is 0 Å². The number of para-hydroxylation sites is 2. The molecule has 6 nitrogen and oxygen atoms in total. The fourth-order valence-electron chi connectivity index (χ4n) is 2.15. The smallest absolute Gasteiger partial charge is 0.275 e. The number of amides is 1. The Bertz CT molecular complexity index is 729. The molecule has 2 aromatic carbocycles. The average Bonchev–Trinajstić information content (AvgIpc) is 2.62. The molecule has 0 unspecified atom stereocenters. The fraction of sp³-hybridized carbons (Fsp3) is 0.222. The third-order valence-corrected chi connectivity index (χ3v) is 3.24. The lowest BCUT2D eigenvalue weighted by Gasteiger charge is -2.11. The molecule has 2 aromatic rings. The SMILES string of the molecule is CCOc1c(C=NNC(=O)c2ccccc2OC)cccc1OC. The third kappa shape index (κ3) is 4.04. The lowest BCUT2D eigenvalue weighted by molar-refractivity contribution is 0.0952. The van der Waals surface area contributed by atoms with Crippen molar-refractivity contribution >= 4 is 12.1 Å². The highest BCUT2D eigenvalue weighted by Gasteiger charge is 2.11. The second-order valence-electron chi connectivity index (χ2n) is 4.71. The first-order chi connectivity index (χ1) is 11.7. The molecule has 1 amide bonds. The predicted molar refractivity (Wildman–Crippen MR) is 92.2 cm³/mol. The first-order valence-corrected chi connectivity index (χ1v) is 7.47. The van der Waals surface area contributed by atoms with E-state index in [2.05, 4.69) is 10.5 Å². The Kier molecular flexibility index (Phi) is 6.19. The second-order valence-corrected chi connectivity index (χ2v) is 4.71. The van der Waals surface area contributed by atoms with Crippen LogP contribution in [0.2, 0.25) is 0 Å². The maximum Gasteiger partial charge on any atom is 0.275 e. The van der Waals surface area contributed by atoms with Gasteiger partial charge in [-0.2, -0.15) is 5.10 Å². The van der Waals surface area contributed by atoms with E-state index in [0.717, 1.165) is 0 Å². The molecule has 126 valence electrons. The Balaban J connectivity index is 2.16. The number of benzene rings is 2. The summed E-state index contributed by atoms with van der Waals surface area (Å²) in [4.78, 5) is 12.2. The van der Waals surface area contributed by atoms with Gasteiger partial charge in [-0.1, -0.05) is 18.2 Å². The molecule has 0 saturated heterocycles. The molecule has 0 aromatic heterocycles. The third-order valence-electron chi connectivity index (χ3n) is 3.24. The van der Waals surface area contributed by atoms with Gasteiger partial charge in [0, 0.05) is 5.56 Å². The van der Waals surface area contributed by atoms with E-state index in [4.69, 9.17) is 14.2 Å². The quantitative estimate of drug-likeness (QED) is 0.627. The highest BCUT2D eigenvalue weighted by atomic mass is 16.5. The molecule has 2 rings (SSSR count). The van der Waals surface area contributed by atoms with Crippen LogP contribution in [-0.2, 0) is 0 Å².